The summed E-state index contributed by atoms with van der Waals surface area (Å²) in [4.78, 5) is 23.6. The van der Waals surface area contributed by atoms with Crippen LogP contribution >= 0.6 is 0 Å². The average Bonchev–Trinajstić information content (AvgIpc) is 3.44. The molecule has 0 radical (unpaired) electrons. The first-order valence-corrected chi connectivity index (χ1v) is 9.03. The largest absolute Gasteiger partial charge is 0.471 e. The van der Waals surface area contributed by atoms with Crippen LogP contribution in [0, 0.1) is 0 Å². The quantitative estimate of drug-likeness (QED) is 0.601. The zero-order chi connectivity index (χ0) is 21.1. The SMILES string of the molecule is O=C(C=Cc1ccco1)N1CCN(c2ccc(-c3noc(C(F)(F)F)n3)cn2)CC1. The lowest BCUT2D eigenvalue weighted by atomic mass is 10.2. The zero-order valence-electron chi connectivity index (χ0n) is 15.5. The van der Waals surface area contributed by atoms with Gasteiger partial charge in [0.1, 0.15) is 11.6 Å². The van der Waals surface area contributed by atoms with Crippen molar-refractivity contribution in [2.24, 2.45) is 0 Å². The van der Waals surface area contributed by atoms with Crippen molar-refractivity contribution in [3.63, 3.8) is 0 Å². The van der Waals surface area contributed by atoms with Gasteiger partial charge in [0.15, 0.2) is 0 Å². The van der Waals surface area contributed by atoms with Gasteiger partial charge in [-0.2, -0.15) is 18.2 Å². The third kappa shape index (κ3) is 4.34. The van der Waals surface area contributed by atoms with Gasteiger partial charge in [-0.15, -0.1) is 0 Å². The van der Waals surface area contributed by atoms with Crippen molar-refractivity contribution in [3.8, 4) is 11.4 Å². The molecule has 3 aromatic rings. The van der Waals surface area contributed by atoms with E-state index in [9.17, 15) is 18.0 Å². The Hall–Kier alpha value is -3.63. The summed E-state index contributed by atoms with van der Waals surface area (Å²) in [5.74, 6) is -0.428. The molecule has 0 aliphatic carbocycles. The van der Waals surface area contributed by atoms with Gasteiger partial charge in [0, 0.05) is 44.0 Å². The molecule has 4 heterocycles. The minimum atomic E-state index is -4.69. The molecule has 0 spiro atoms. The van der Waals surface area contributed by atoms with E-state index in [1.807, 2.05) is 4.90 Å². The molecule has 1 fully saturated rings. The van der Waals surface area contributed by atoms with E-state index in [1.54, 1.807) is 35.2 Å². The number of piperazine rings is 1. The minimum Gasteiger partial charge on any atom is -0.465 e. The van der Waals surface area contributed by atoms with Crippen LogP contribution in [0.5, 0.6) is 0 Å². The van der Waals surface area contributed by atoms with E-state index in [2.05, 4.69) is 19.6 Å². The first-order valence-electron chi connectivity index (χ1n) is 9.03. The molecule has 0 atom stereocenters. The summed E-state index contributed by atoms with van der Waals surface area (Å²) in [6, 6.07) is 6.76. The molecule has 8 nitrogen and oxygen atoms in total. The number of amides is 1. The first kappa shape index (κ1) is 19.7. The van der Waals surface area contributed by atoms with E-state index in [-0.39, 0.29) is 11.7 Å². The summed E-state index contributed by atoms with van der Waals surface area (Å²) in [5, 5.41) is 3.34. The maximum Gasteiger partial charge on any atom is 0.471 e. The molecule has 1 saturated heterocycles. The number of nitrogens with zero attached hydrogens (tertiary/aromatic N) is 5. The van der Waals surface area contributed by atoms with Crippen LogP contribution in [-0.2, 0) is 11.0 Å². The number of aromatic nitrogens is 3. The number of carbonyl (C=O) groups excluding carboxylic acids is 1. The Morgan fingerprint density at radius 2 is 1.93 bits per heavy atom. The first-order chi connectivity index (χ1) is 14.4. The molecule has 1 amide bonds. The molecule has 11 heteroatoms. The predicted octanol–water partition coefficient (Wildman–Crippen LogP) is 3.11. The second-order valence-electron chi connectivity index (χ2n) is 6.49. The monoisotopic (exact) mass is 419 g/mol. The summed E-state index contributed by atoms with van der Waals surface area (Å²) >= 11 is 0. The highest BCUT2D eigenvalue weighted by Crippen LogP contribution is 2.29. The highest BCUT2D eigenvalue weighted by atomic mass is 19.4. The number of alkyl halides is 3. The number of hydrogen-bond donors (Lipinski definition) is 0. The van der Waals surface area contributed by atoms with Gasteiger partial charge in [-0.25, -0.2) is 4.98 Å². The molecule has 0 saturated carbocycles. The van der Waals surface area contributed by atoms with Gasteiger partial charge < -0.3 is 18.7 Å². The number of pyridine rings is 1. The second-order valence-corrected chi connectivity index (χ2v) is 6.49. The Labute approximate surface area is 168 Å². The summed E-state index contributed by atoms with van der Waals surface area (Å²) in [5.41, 5.74) is 0.315. The van der Waals surface area contributed by atoms with Crippen LogP contribution in [0.25, 0.3) is 17.5 Å². The van der Waals surface area contributed by atoms with Crippen molar-refractivity contribution in [3.05, 3.63) is 54.5 Å². The molecular weight excluding hydrogens is 403 g/mol. The smallest absolute Gasteiger partial charge is 0.465 e. The van der Waals surface area contributed by atoms with Crippen LogP contribution in [0.3, 0.4) is 0 Å². The molecule has 1 aliphatic heterocycles. The van der Waals surface area contributed by atoms with E-state index in [4.69, 9.17) is 4.42 Å². The third-order valence-electron chi connectivity index (χ3n) is 4.52. The van der Waals surface area contributed by atoms with Crippen molar-refractivity contribution < 1.29 is 26.9 Å². The molecule has 0 unspecified atom stereocenters. The third-order valence-corrected chi connectivity index (χ3v) is 4.52. The lowest BCUT2D eigenvalue weighted by molar-refractivity contribution is -0.159. The van der Waals surface area contributed by atoms with Crippen LogP contribution in [0.2, 0.25) is 0 Å². The molecule has 0 bridgehead atoms. The van der Waals surface area contributed by atoms with Crippen LogP contribution in [0.4, 0.5) is 19.0 Å². The molecule has 30 heavy (non-hydrogen) atoms. The molecular formula is C19H16F3N5O3. The molecule has 0 aromatic carbocycles. The molecule has 1 aliphatic rings. The Bertz CT molecular complexity index is 1020. The van der Waals surface area contributed by atoms with Crippen LogP contribution in [-0.4, -0.2) is 52.1 Å². The number of carbonyl (C=O) groups is 1. The fourth-order valence-corrected chi connectivity index (χ4v) is 2.96. The van der Waals surface area contributed by atoms with Gasteiger partial charge in [-0.1, -0.05) is 5.16 Å². The van der Waals surface area contributed by atoms with Gasteiger partial charge in [0.25, 0.3) is 0 Å². The van der Waals surface area contributed by atoms with Gasteiger partial charge in [-0.05, 0) is 30.3 Å². The Morgan fingerprint density at radius 1 is 1.13 bits per heavy atom. The summed E-state index contributed by atoms with van der Waals surface area (Å²) in [6.07, 6.45) is 1.33. The highest BCUT2D eigenvalue weighted by molar-refractivity contribution is 5.91. The van der Waals surface area contributed by atoms with Gasteiger partial charge >= 0.3 is 12.1 Å². The van der Waals surface area contributed by atoms with E-state index in [1.165, 1.54) is 18.5 Å². The van der Waals surface area contributed by atoms with Gasteiger partial charge in [-0.3, -0.25) is 4.79 Å². The maximum atomic E-state index is 12.6. The normalized spacial score (nSPS) is 15.2. The van der Waals surface area contributed by atoms with Crippen molar-refractivity contribution in [1.82, 2.24) is 20.0 Å². The summed E-state index contributed by atoms with van der Waals surface area (Å²) < 4.78 is 47.1. The number of halogens is 3. The number of furan rings is 1. The molecule has 0 N–H and O–H groups in total. The average molecular weight is 419 g/mol. The Balaban J connectivity index is 1.35. The summed E-state index contributed by atoms with van der Waals surface area (Å²) in [7, 11) is 0. The molecule has 156 valence electrons. The summed E-state index contributed by atoms with van der Waals surface area (Å²) in [6.45, 7) is 2.19. The lowest BCUT2D eigenvalue weighted by Crippen LogP contribution is -2.48. The van der Waals surface area contributed by atoms with Crippen LogP contribution in [0.1, 0.15) is 11.7 Å². The fourth-order valence-electron chi connectivity index (χ4n) is 2.96. The fraction of sp³-hybridized carbons (Fsp3) is 0.263. The predicted molar refractivity (Wildman–Crippen MR) is 99.1 cm³/mol. The molecule has 3 aromatic heterocycles. The minimum absolute atomic E-state index is 0.105. The number of hydrogen-bond acceptors (Lipinski definition) is 7. The lowest BCUT2D eigenvalue weighted by Gasteiger charge is -2.35. The van der Waals surface area contributed by atoms with E-state index in [0.29, 0.717) is 43.3 Å². The van der Waals surface area contributed by atoms with Crippen molar-refractivity contribution in [2.75, 3.05) is 31.1 Å². The van der Waals surface area contributed by atoms with Crippen molar-refractivity contribution in [1.29, 1.82) is 0 Å². The topological polar surface area (TPSA) is 88.5 Å². The zero-order valence-corrected chi connectivity index (χ0v) is 15.5. The maximum absolute atomic E-state index is 12.6. The van der Waals surface area contributed by atoms with Crippen molar-refractivity contribution >= 4 is 17.8 Å². The Morgan fingerprint density at radius 3 is 2.53 bits per heavy atom. The van der Waals surface area contributed by atoms with Gasteiger partial charge in [0.05, 0.1) is 6.26 Å². The standard InChI is InChI=1S/C19H16F3N5O3/c20-19(21,22)18-24-17(25-30-18)13-3-5-15(23-12-13)26-7-9-27(10-8-26)16(28)6-4-14-2-1-11-29-14/h1-6,11-12H,7-10H2. The van der Waals surface area contributed by atoms with E-state index < -0.39 is 12.1 Å². The second kappa shape index (κ2) is 8.01. The van der Waals surface area contributed by atoms with Crippen molar-refractivity contribution in [2.45, 2.75) is 6.18 Å². The van der Waals surface area contributed by atoms with Crippen LogP contribution in [0.15, 0.2) is 51.7 Å². The Kier molecular flexibility index (Phi) is 5.25. The number of anilines is 1. The van der Waals surface area contributed by atoms with Crippen LogP contribution < -0.4 is 4.90 Å². The van der Waals surface area contributed by atoms with E-state index >= 15 is 0 Å². The van der Waals surface area contributed by atoms with E-state index in [0.717, 1.165) is 0 Å². The molecule has 4 rings (SSSR count). The highest BCUT2D eigenvalue weighted by Gasteiger charge is 2.38. The van der Waals surface area contributed by atoms with Gasteiger partial charge in [0.2, 0.25) is 11.7 Å². The number of rotatable bonds is 4.